The van der Waals surface area contributed by atoms with Crippen molar-refractivity contribution >= 4 is 35.3 Å². The van der Waals surface area contributed by atoms with Crippen molar-refractivity contribution in [2.24, 2.45) is 16.5 Å². The summed E-state index contributed by atoms with van der Waals surface area (Å²) in [5.41, 5.74) is 19.1. The van der Waals surface area contributed by atoms with Gasteiger partial charge in [0.2, 0.25) is 0 Å². The highest BCUT2D eigenvalue weighted by atomic mass is 32.2. The average molecular weight is 704 g/mol. The van der Waals surface area contributed by atoms with Gasteiger partial charge in [0.25, 0.3) is 0 Å². The molecule has 2 fully saturated rings. The number of benzene rings is 2. The van der Waals surface area contributed by atoms with E-state index in [-0.39, 0.29) is 11.8 Å². The minimum Gasteiger partial charge on any atom is -0.484 e. The lowest BCUT2D eigenvalue weighted by molar-refractivity contribution is 0.228. The van der Waals surface area contributed by atoms with Crippen molar-refractivity contribution in [1.82, 2.24) is 9.80 Å². The van der Waals surface area contributed by atoms with E-state index in [2.05, 4.69) is 53.2 Å². The van der Waals surface area contributed by atoms with E-state index in [4.69, 9.17) is 21.6 Å². The molecular formula is C40H58FN7OS. The third kappa shape index (κ3) is 10.5. The summed E-state index contributed by atoms with van der Waals surface area (Å²) in [7, 11) is 3.90. The van der Waals surface area contributed by atoms with Gasteiger partial charge in [0, 0.05) is 72.6 Å². The second-order valence-corrected chi connectivity index (χ2v) is 14.2. The highest BCUT2D eigenvalue weighted by molar-refractivity contribution is 8.01. The van der Waals surface area contributed by atoms with E-state index in [1.165, 1.54) is 32.4 Å². The fourth-order valence-electron chi connectivity index (χ4n) is 5.97. The fourth-order valence-corrected chi connectivity index (χ4v) is 6.43. The van der Waals surface area contributed by atoms with E-state index in [1.54, 1.807) is 7.05 Å². The van der Waals surface area contributed by atoms with E-state index in [9.17, 15) is 4.39 Å². The van der Waals surface area contributed by atoms with Gasteiger partial charge in [0.15, 0.2) is 5.50 Å². The normalized spacial score (nSPS) is 18.3. The first-order valence-electron chi connectivity index (χ1n) is 17.5. The second-order valence-electron chi connectivity index (χ2n) is 13.1. The zero-order chi connectivity index (χ0) is 37.0. The molecule has 0 aromatic heterocycles. The van der Waals surface area contributed by atoms with E-state index >= 15 is 0 Å². The van der Waals surface area contributed by atoms with Gasteiger partial charge >= 0.3 is 0 Å². The smallest absolute Gasteiger partial charge is 0.162 e. The zero-order valence-corrected chi connectivity index (χ0v) is 32.1. The number of aryl methyl sites for hydroxylation is 1. The molecule has 0 radical (unpaired) electrons. The Hall–Kier alpha value is -4.02. The Morgan fingerprint density at radius 2 is 1.78 bits per heavy atom. The molecule has 272 valence electrons. The number of anilines is 1. The van der Waals surface area contributed by atoms with Gasteiger partial charge in [-0.25, -0.2) is 4.39 Å². The van der Waals surface area contributed by atoms with Crippen molar-refractivity contribution < 1.29 is 9.13 Å². The van der Waals surface area contributed by atoms with E-state index in [0.717, 1.165) is 54.7 Å². The Morgan fingerprint density at radius 3 is 2.32 bits per heavy atom. The minimum atomic E-state index is -1.13. The summed E-state index contributed by atoms with van der Waals surface area (Å²) in [5, 5.41) is 8.37. The SMILES string of the molecule is C=C(N)/C(C(=NC)C(=C\C)/C(C=N)=C/N1CCN(C)C2(CC1)CC2)=C(/N)c1ccc(NSC(C)F)c(OC(C)c2ccc(C)cc2)c1.CCC. The molecule has 2 unspecified atom stereocenters. The first kappa shape index (κ1) is 40.4. The zero-order valence-electron chi connectivity index (χ0n) is 31.3. The molecule has 1 saturated heterocycles. The monoisotopic (exact) mass is 703 g/mol. The number of likely N-dealkylation sites (N-methyl/N-ethyl adjacent to an activating group) is 1. The van der Waals surface area contributed by atoms with Crippen LogP contribution in [0.5, 0.6) is 5.75 Å². The first-order chi connectivity index (χ1) is 23.8. The van der Waals surface area contributed by atoms with Gasteiger partial charge in [-0.2, -0.15) is 0 Å². The summed E-state index contributed by atoms with van der Waals surface area (Å²) in [4.78, 5) is 9.43. The maximum atomic E-state index is 13.8. The van der Waals surface area contributed by atoms with Crippen molar-refractivity contribution in [1.29, 1.82) is 5.41 Å². The van der Waals surface area contributed by atoms with Crippen molar-refractivity contribution in [2.45, 2.75) is 84.4 Å². The summed E-state index contributed by atoms with van der Waals surface area (Å²) < 4.78 is 23.3. The third-order valence-electron chi connectivity index (χ3n) is 9.08. The number of nitrogens with one attached hydrogen (secondary N) is 2. The van der Waals surface area contributed by atoms with Crippen LogP contribution in [-0.2, 0) is 0 Å². The number of nitrogens with two attached hydrogens (primary N) is 2. The number of rotatable bonds is 13. The molecule has 2 aliphatic rings. The topological polar surface area (TPSA) is 116 Å². The van der Waals surface area contributed by atoms with Crippen LogP contribution in [0.25, 0.3) is 5.70 Å². The van der Waals surface area contributed by atoms with Crippen LogP contribution in [0.15, 0.2) is 88.7 Å². The summed E-state index contributed by atoms with van der Waals surface area (Å²) in [6.45, 7) is 18.5. The Balaban J connectivity index is 0.00000217. The molecule has 0 amide bonds. The van der Waals surface area contributed by atoms with E-state index < -0.39 is 5.50 Å². The van der Waals surface area contributed by atoms with Crippen LogP contribution in [-0.4, -0.2) is 66.5 Å². The quantitative estimate of drug-likeness (QED) is 0.0937. The molecule has 6 N–H and O–H groups in total. The van der Waals surface area contributed by atoms with Crippen molar-refractivity contribution in [3.8, 4) is 5.75 Å². The number of alkyl halides is 1. The maximum absolute atomic E-state index is 13.8. The van der Waals surface area contributed by atoms with Gasteiger partial charge in [-0.1, -0.05) is 68.8 Å². The molecule has 0 bridgehead atoms. The van der Waals surface area contributed by atoms with Gasteiger partial charge in [0.1, 0.15) is 11.9 Å². The lowest BCUT2D eigenvalue weighted by Crippen LogP contribution is -2.34. The molecule has 2 atom stereocenters. The summed E-state index contributed by atoms with van der Waals surface area (Å²) in [5.74, 6) is 0.509. The standard InChI is InChI=1S/C37H50FN7OS.C3H8/c1-8-31(30(22-39)23-45-18-17-37(15-16-37)44(7)19-20-45)36(42-6)34(25(3)40)35(41)29-13-14-32(43-47-27(5)38)33(21-29)46-26(4)28-11-9-24(2)10-12-28;1-3-2/h8-14,21-23,26-27,39,43H,3,15-20,40-41H2,1-2,4-7H3;3H2,1-2H3/b30-23+,31-8-,35-34-,39-22?,42-36?;. The molecule has 10 heteroatoms. The van der Waals surface area contributed by atoms with Crippen LogP contribution in [0.4, 0.5) is 10.1 Å². The molecule has 50 heavy (non-hydrogen) atoms. The van der Waals surface area contributed by atoms with Crippen molar-refractivity contribution in [3.05, 3.63) is 100 Å². The highest BCUT2D eigenvalue weighted by Gasteiger charge is 2.46. The molecule has 1 aliphatic carbocycles. The minimum absolute atomic E-state index is 0.248. The number of nitrogens with zero attached hydrogens (tertiary/aromatic N) is 3. The number of aliphatic imine (C=N–C) groups is 1. The highest BCUT2D eigenvalue weighted by Crippen LogP contribution is 2.45. The molecule has 2 aromatic rings. The first-order valence-corrected chi connectivity index (χ1v) is 18.4. The molecule has 8 nitrogen and oxygen atoms in total. The number of halogens is 1. The van der Waals surface area contributed by atoms with Gasteiger partial charge < -0.3 is 31.2 Å². The summed E-state index contributed by atoms with van der Waals surface area (Å²) in [6, 6.07) is 13.6. The largest absolute Gasteiger partial charge is 0.484 e. The lowest BCUT2D eigenvalue weighted by atomic mass is 9.91. The summed E-state index contributed by atoms with van der Waals surface area (Å²) in [6.07, 6.45) is 9.91. The van der Waals surface area contributed by atoms with Crippen molar-refractivity contribution in [2.75, 3.05) is 38.5 Å². The average Bonchev–Trinajstić information content (AvgIpc) is 3.90. The van der Waals surface area contributed by atoms with Crippen molar-refractivity contribution in [3.63, 3.8) is 0 Å². The Morgan fingerprint density at radius 1 is 1.12 bits per heavy atom. The number of hydrogen-bond donors (Lipinski definition) is 4. The van der Waals surface area contributed by atoms with Crippen LogP contribution >= 0.6 is 11.9 Å². The Kier molecular flexibility index (Phi) is 15.2. The van der Waals surface area contributed by atoms with Gasteiger partial charge in [-0.05, 0) is 83.6 Å². The van der Waals surface area contributed by atoms with Gasteiger partial charge in [0.05, 0.1) is 17.1 Å². The fraction of sp³-hybridized carbons (Fsp3) is 0.450. The van der Waals surface area contributed by atoms with Crippen LogP contribution in [0.3, 0.4) is 0 Å². The van der Waals surface area contributed by atoms with E-state index in [0.29, 0.717) is 45.1 Å². The predicted molar refractivity (Wildman–Crippen MR) is 214 cm³/mol. The molecule has 1 aliphatic heterocycles. The molecule has 2 aromatic carbocycles. The third-order valence-corrected chi connectivity index (χ3v) is 9.74. The number of ether oxygens (including phenoxy) is 1. The van der Waals surface area contributed by atoms with E-state index in [1.807, 2.05) is 69.3 Å². The van der Waals surface area contributed by atoms with Crippen LogP contribution in [0, 0.1) is 12.3 Å². The molecule has 1 spiro atoms. The van der Waals surface area contributed by atoms with Gasteiger partial charge in [-0.15, -0.1) is 0 Å². The predicted octanol–water partition coefficient (Wildman–Crippen LogP) is 8.79. The second kappa shape index (κ2) is 18.8. The van der Waals surface area contributed by atoms with Crippen LogP contribution in [0.2, 0.25) is 0 Å². The molecule has 1 heterocycles. The Bertz CT molecular complexity index is 1590. The number of hydrogen-bond acceptors (Lipinski definition) is 9. The number of allylic oxidation sites excluding steroid dienone is 4. The molecule has 1 saturated carbocycles. The Labute approximate surface area is 304 Å². The summed E-state index contributed by atoms with van der Waals surface area (Å²) >= 11 is 0.954. The maximum Gasteiger partial charge on any atom is 0.162 e. The van der Waals surface area contributed by atoms with Gasteiger partial charge in [-0.3, -0.25) is 9.89 Å². The van der Waals surface area contributed by atoms with Crippen LogP contribution in [0.1, 0.15) is 83.1 Å². The molecule has 4 rings (SSSR count). The molecular weight excluding hydrogens is 646 g/mol. The van der Waals surface area contributed by atoms with Crippen LogP contribution < -0.4 is 20.9 Å². The lowest BCUT2D eigenvalue weighted by Gasteiger charge is -2.23.